The van der Waals surface area contributed by atoms with E-state index >= 15 is 0 Å². The van der Waals surface area contributed by atoms with Crippen molar-refractivity contribution in [1.29, 1.82) is 0 Å². The number of nitrogens with zero attached hydrogens (tertiary/aromatic N) is 4. The lowest BCUT2D eigenvalue weighted by atomic mass is 9.92. The molecule has 1 fully saturated rings. The maximum atomic E-state index is 14.2. The molecule has 4 heterocycles. The number of aromatic nitrogens is 3. The van der Waals surface area contributed by atoms with Gasteiger partial charge in [0.05, 0.1) is 18.5 Å². The summed E-state index contributed by atoms with van der Waals surface area (Å²) in [4.78, 5) is 32.1. The second kappa shape index (κ2) is 10.4. The summed E-state index contributed by atoms with van der Waals surface area (Å²) in [5.41, 5.74) is 3.10. The first-order valence-corrected chi connectivity index (χ1v) is 13.3. The van der Waals surface area contributed by atoms with Gasteiger partial charge in [0.2, 0.25) is 5.91 Å². The molecule has 0 aliphatic carbocycles. The van der Waals surface area contributed by atoms with Crippen molar-refractivity contribution in [3.63, 3.8) is 0 Å². The van der Waals surface area contributed by atoms with Crippen molar-refractivity contribution in [3.8, 4) is 11.1 Å². The van der Waals surface area contributed by atoms with Gasteiger partial charge >= 0.3 is 6.18 Å². The predicted octanol–water partition coefficient (Wildman–Crippen LogP) is 5.23. The number of nitrogens with one attached hydrogen (secondary N) is 2. The molecule has 2 aliphatic rings. The minimum absolute atomic E-state index is 0.0491. The number of piperidine rings is 1. The second-order valence-corrected chi connectivity index (χ2v) is 10.6. The summed E-state index contributed by atoms with van der Waals surface area (Å²) in [6.07, 6.45) is -0.393. The van der Waals surface area contributed by atoms with Crippen LogP contribution in [0.15, 0.2) is 55.0 Å². The van der Waals surface area contributed by atoms with Gasteiger partial charge in [0.15, 0.2) is 5.65 Å². The topological polar surface area (TPSA) is 91.6 Å². The van der Waals surface area contributed by atoms with Crippen molar-refractivity contribution in [2.75, 3.05) is 25.0 Å². The van der Waals surface area contributed by atoms with Crippen molar-refractivity contribution in [3.05, 3.63) is 82.5 Å². The lowest BCUT2D eigenvalue weighted by Crippen LogP contribution is -2.44. The molecule has 0 bridgehead atoms. The van der Waals surface area contributed by atoms with E-state index in [0.717, 1.165) is 0 Å². The summed E-state index contributed by atoms with van der Waals surface area (Å²) in [6, 6.07) is 9.83. The highest BCUT2D eigenvalue weighted by Crippen LogP contribution is 2.42. The SMILES string of the molecule is O=C1NC(c2cc(F)ccc2Cl)c2c(NC(=O)C3CCCN(CC(F)(F)F)C3)cc(-c3ccc4ncnn4c3)cc21. The average Bonchev–Trinajstić information content (AvgIpc) is 3.53. The fourth-order valence-corrected chi connectivity index (χ4v) is 5.79. The number of pyridine rings is 1. The minimum Gasteiger partial charge on any atom is -0.341 e. The molecule has 8 nitrogen and oxygen atoms in total. The molecular formula is C28H23ClF4N6O2. The molecule has 2 unspecified atom stereocenters. The van der Waals surface area contributed by atoms with Gasteiger partial charge in [0.25, 0.3) is 5.91 Å². The summed E-state index contributed by atoms with van der Waals surface area (Å²) >= 11 is 6.39. The molecule has 6 rings (SSSR count). The van der Waals surface area contributed by atoms with Gasteiger partial charge in [0.1, 0.15) is 12.1 Å². The lowest BCUT2D eigenvalue weighted by molar-refractivity contribution is -0.151. The number of alkyl halides is 3. The molecule has 2 aliphatic heterocycles. The first-order chi connectivity index (χ1) is 19.6. The Morgan fingerprint density at radius 3 is 2.78 bits per heavy atom. The molecule has 2 atom stereocenters. The maximum absolute atomic E-state index is 14.2. The number of likely N-dealkylation sites (tertiary alicyclic amines) is 1. The number of hydrogen-bond donors (Lipinski definition) is 2. The molecular weight excluding hydrogens is 564 g/mol. The quantitative estimate of drug-likeness (QED) is 0.312. The number of carbonyl (C=O) groups is 2. The lowest BCUT2D eigenvalue weighted by Gasteiger charge is -2.32. The predicted molar refractivity (Wildman–Crippen MR) is 143 cm³/mol. The van der Waals surface area contributed by atoms with Gasteiger partial charge in [-0.25, -0.2) is 13.9 Å². The highest BCUT2D eigenvalue weighted by molar-refractivity contribution is 6.31. The van der Waals surface area contributed by atoms with Crippen molar-refractivity contribution in [2.24, 2.45) is 5.92 Å². The normalized spacial score (nSPS) is 19.3. The number of benzene rings is 2. The van der Waals surface area contributed by atoms with Gasteiger partial charge in [-0.05, 0) is 67.4 Å². The molecule has 2 aromatic carbocycles. The molecule has 212 valence electrons. The average molecular weight is 587 g/mol. The molecule has 0 radical (unpaired) electrons. The fraction of sp³-hybridized carbons (Fsp3) is 0.286. The maximum Gasteiger partial charge on any atom is 0.401 e. The van der Waals surface area contributed by atoms with Crippen LogP contribution in [0.1, 0.15) is 40.4 Å². The smallest absolute Gasteiger partial charge is 0.341 e. The third kappa shape index (κ3) is 5.49. The number of rotatable bonds is 5. The summed E-state index contributed by atoms with van der Waals surface area (Å²) in [5, 5.41) is 10.1. The Hall–Kier alpha value is -4.03. The fourth-order valence-electron chi connectivity index (χ4n) is 5.56. The van der Waals surface area contributed by atoms with Crippen molar-refractivity contribution >= 4 is 34.7 Å². The summed E-state index contributed by atoms with van der Waals surface area (Å²) in [5.74, 6) is -2.16. The molecule has 2 aromatic heterocycles. The van der Waals surface area contributed by atoms with Crippen LogP contribution >= 0.6 is 11.6 Å². The highest BCUT2D eigenvalue weighted by Gasteiger charge is 2.37. The van der Waals surface area contributed by atoms with Crippen LogP contribution in [0.5, 0.6) is 0 Å². The molecule has 1 saturated heterocycles. The van der Waals surface area contributed by atoms with Crippen LogP contribution in [0, 0.1) is 11.7 Å². The van der Waals surface area contributed by atoms with Crippen molar-refractivity contribution in [2.45, 2.75) is 25.1 Å². The Morgan fingerprint density at radius 2 is 1.98 bits per heavy atom. The second-order valence-electron chi connectivity index (χ2n) is 10.2. The van der Waals surface area contributed by atoms with Crippen LogP contribution in [0.3, 0.4) is 0 Å². The van der Waals surface area contributed by atoms with Gasteiger partial charge in [-0.1, -0.05) is 11.6 Å². The van der Waals surface area contributed by atoms with Crippen molar-refractivity contribution in [1.82, 2.24) is 24.8 Å². The molecule has 2 amide bonds. The van der Waals surface area contributed by atoms with E-state index in [1.807, 2.05) is 0 Å². The van der Waals surface area contributed by atoms with Crippen LogP contribution in [-0.4, -0.2) is 57.1 Å². The van der Waals surface area contributed by atoms with Crippen LogP contribution in [0.4, 0.5) is 23.2 Å². The zero-order valence-electron chi connectivity index (χ0n) is 21.4. The van der Waals surface area contributed by atoms with E-state index in [-0.39, 0.29) is 29.4 Å². The standard InChI is InChI=1S/C28H23ClF4N6O2/c29-21-5-4-18(30)10-19(21)25-24-20(27(41)37-25)8-17(15-3-6-23-34-14-35-39(23)12-15)9-22(24)36-26(40)16-2-1-7-38(11-16)13-28(31,32)33/h3-6,8-10,12,14,16,25H,1-2,7,11,13H2,(H,36,40)(H,37,41). The Bertz CT molecular complexity index is 1670. The van der Waals surface area contributed by atoms with E-state index in [2.05, 4.69) is 20.7 Å². The largest absolute Gasteiger partial charge is 0.401 e. The zero-order valence-corrected chi connectivity index (χ0v) is 22.1. The zero-order chi connectivity index (χ0) is 28.9. The molecule has 0 saturated carbocycles. The third-order valence-corrected chi connectivity index (χ3v) is 7.75. The number of fused-ring (bicyclic) bond motifs is 2. The number of hydrogen-bond acceptors (Lipinski definition) is 5. The molecule has 0 spiro atoms. The molecule has 13 heteroatoms. The third-order valence-electron chi connectivity index (χ3n) is 7.40. The van der Waals surface area contributed by atoms with Crippen LogP contribution in [0.2, 0.25) is 5.02 Å². The number of amides is 2. The van der Waals surface area contributed by atoms with Crippen LogP contribution < -0.4 is 10.6 Å². The highest BCUT2D eigenvalue weighted by atomic mass is 35.5. The monoisotopic (exact) mass is 586 g/mol. The van der Waals surface area contributed by atoms with Crippen LogP contribution in [0.25, 0.3) is 16.8 Å². The number of halogens is 5. The Balaban J connectivity index is 1.41. The first-order valence-electron chi connectivity index (χ1n) is 12.9. The Labute approximate surface area is 236 Å². The molecule has 2 N–H and O–H groups in total. The van der Waals surface area contributed by atoms with Gasteiger partial charge in [-0.2, -0.15) is 18.3 Å². The van der Waals surface area contributed by atoms with Gasteiger partial charge < -0.3 is 10.6 Å². The summed E-state index contributed by atoms with van der Waals surface area (Å²) in [7, 11) is 0. The van der Waals surface area contributed by atoms with Gasteiger partial charge in [-0.3, -0.25) is 14.5 Å². The van der Waals surface area contributed by atoms with E-state index < -0.39 is 42.3 Å². The Kier molecular flexibility index (Phi) is 6.90. The van der Waals surface area contributed by atoms with Crippen molar-refractivity contribution < 1.29 is 27.2 Å². The molecule has 41 heavy (non-hydrogen) atoms. The van der Waals surface area contributed by atoms with E-state index in [9.17, 15) is 27.2 Å². The summed E-state index contributed by atoms with van der Waals surface area (Å²) < 4.78 is 54.9. The van der Waals surface area contributed by atoms with Gasteiger partial charge in [0, 0.05) is 45.7 Å². The van der Waals surface area contributed by atoms with E-state index in [0.29, 0.717) is 40.7 Å². The number of anilines is 1. The summed E-state index contributed by atoms with van der Waals surface area (Å²) in [6.45, 7) is -0.894. The Morgan fingerprint density at radius 1 is 1.15 bits per heavy atom. The van der Waals surface area contributed by atoms with E-state index in [1.165, 1.54) is 29.4 Å². The van der Waals surface area contributed by atoms with Crippen LogP contribution in [-0.2, 0) is 4.79 Å². The van der Waals surface area contributed by atoms with E-state index in [4.69, 9.17) is 11.6 Å². The first kappa shape index (κ1) is 27.2. The number of carbonyl (C=O) groups excluding carboxylic acids is 2. The van der Waals surface area contributed by atoms with E-state index in [1.54, 1.807) is 35.0 Å². The minimum atomic E-state index is -4.37. The molecule has 4 aromatic rings. The van der Waals surface area contributed by atoms with Gasteiger partial charge in [-0.15, -0.1) is 0 Å².